The van der Waals surface area contributed by atoms with Crippen molar-refractivity contribution in [1.29, 1.82) is 0 Å². The third-order valence-electron chi connectivity index (χ3n) is 3.51. The number of nitrogens with one attached hydrogen (secondary N) is 1. The molecule has 1 saturated heterocycles. The Balaban J connectivity index is 2.03. The second-order valence-electron chi connectivity index (χ2n) is 5.09. The summed E-state index contributed by atoms with van der Waals surface area (Å²) in [7, 11) is 0. The van der Waals surface area contributed by atoms with E-state index in [0.717, 1.165) is 26.2 Å². The fourth-order valence-electron chi connectivity index (χ4n) is 2.43. The third-order valence-corrected chi connectivity index (χ3v) is 3.51. The molecule has 1 aliphatic heterocycles. The monoisotopic (exact) mass is 295 g/mol. The van der Waals surface area contributed by atoms with Gasteiger partial charge >= 0.3 is 5.97 Å². The van der Waals surface area contributed by atoms with Crippen molar-refractivity contribution in [3.8, 4) is 0 Å². The van der Waals surface area contributed by atoms with Crippen LogP contribution in [0.15, 0.2) is 18.2 Å². The van der Waals surface area contributed by atoms with Gasteiger partial charge in [0.05, 0.1) is 12.3 Å². The zero-order valence-corrected chi connectivity index (χ0v) is 12.3. The number of hydrogen-bond acceptors (Lipinski definition) is 5. The molecule has 116 valence electrons. The number of nitrogens with two attached hydrogens (primary N) is 1. The summed E-state index contributed by atoms with van der Waals surface area (Å²) in [6, 6.07) is 4.28. The highest BCUT2D eigenvalue weighted by molar-refractivity contribution is 5.75. The van der Waals surface area contributed by atoms with Crippen molar-refractivity contribution in [1.82, 2.24) is 5.32 Å². The van der Waals surface area contributed by atoms with Gasteiger partial charge in [0.25, 0.3) is 0 Å². The van der Waals surface area contributed by atoms with Gasteiger partial charge in [0, 0.05) is 26.2 Å². The second kappa shape index (κ2) is 7.38. The van der Waals surface area contributed by atoms with E-state index in [1.54, 1.807) is 13.0 Å². The van der Waals surface area contributed by atoms with Crippen LogP contribution < -0.4 is 16.0 Å². The number of nitrogens with zero attached hydrogens (tertiary/aromatic N) is 1. The van der Waals surface area contributed by atoms with Gasteiger partial charge in [0.2, 0.25) is 0 Å². The van der Waals surface area contributed by atoms with Crippen LogP contribution in [0, 0.1) is 5.82 Å². The molecule has 1 aromatic rings. The van der Waals surface area contributed by atoms with E-state index in [4.69, 9.17) is 10.5 Å². The molecule has 0 bridgehead atoms. The average Bonchev–Trinajstić information content (AvgIpc) is 2.48. The summed E-state index contributed by atoms with van der Waals surface area (Å²) in [5, 5.41) is 3.23. The van der Waals surface area contributed by atoms with Gasteiger partial charge in [-0.25, -0.2) is 4.39 Å². The Labute approximate surface area is 124 Å². The smallest absolute Gasteiger partial charge is 0.323 e. The molecule has 0 aromatic heterocycles. The number of esters is 1. The van der Waals surface area contributed by atoms with Gasteiger partial charge in [-0.05, 0) is 31.0 Å². The number of rotatable bonds is 5. The zero-order valence-electron chi connectivity index (χ0n) is 12.3. The van der Waals surface area contributed by atoms with Gasteiger partial charge in [-0.2, -0.15) is 0 Å². The van der Waals surface area contributed by atoms with Crippen LogP contribution in [-0.2, 0) is 16.0 Å². The van der Waals surface area contributed by atoms with Gasteiger partial charge in [-0.3, -0.25) is 4.79 Å². The Morgan fingerprint density at radius 1 is 1.48 bits per heavy atom. The predicted octanol–water partition coefficient (Wildman–Crippen LogP) is 0.668. The molecule has 3 N–H and O–H groups in total. The van der Waals surface area contributed by atoms with Crippen molar-refractivity contribution >= 4 is 11.7 Å². The number of halogens is 1. The summed E-state index contributed by atoms with van der Waals surface area (Å²) in [6.07, 6.45) is 0.275. The standard InChI is InChI=1S/C15H22FN3O2/c1-2-21-15(20)13(17)10-11-3-4-14(12(16)9-11)19-7-5-18-6-8-19/h3-4,9,13,18H,2,5-8,10,17H2,1H3. The zero-order chi connectivity index (χ0) is 15.2. The second-order valence-corrected chi connectivity index (χ2v) is 5.09. The number of carbonyl (C=O) groups excluding carboxylic acids is 1. The van der Waals surface area contributed by atoms with Gasteiger partial charge in [-0.1, -0.05) is 6.07 Å². The van der Waals surface area contributed by atoms with Crippen molar-refractivity contribution in [3.63, 3.8) is 0 Å². The van der Waals surface area contributed by atoms with Crippen molar-refractivity contribution in [3.05, 3.63) is 29.6 Å². The molecule has 0 radical (unpaired) electrons. The lowest BCUT2D eigenvalue weighted by atomic mass is 10.1. The number of hydrogen-bond donors (Lipinski definition) is 2. The van der Waals surface area contributed by atoms with Crippen molar-refractivity contribution in [2.24, 2.45) is 5.73 Å². The van der Waals surface area contributed by atoms with Crippen LogP contribution in [0.4, 0.5) is 10.1 Å². The highest BCUT2D eigenvalue weighted by Crippen LogP contribution is 2.21. The van der Waals surface area contributed by atoms with Gasteiger partial charge in [0.1, 0.15) is 11.9 Å². The Morgan fingerprint density at radius 2 is 2.19 bits per heavy atom. The number of anilines is 1. The molecule has 1 aliphatic rings. The van der Waals surface area contributed by atoms with Crippen LogP contribution >= 0.6 is 0 Å². The maximum Gasteiger partial charge on any atom is 0.323 e. The van der Waals surface area contributed by atoms with E-state index in [1.165, 1.54) is 6.07 Å². The molecule has 0 aliphatic carbocycles. The van der Waals surface area contributed by atoms with Crippen LogP contribution in [0.1, 0.15) is 12.5 Å². The van der Waals surface area contributed by atoms with E-state index in [2.05, 4.69) is 5.32 Å². The molecule has 1 heterocycles. The first kappa shape index (κ1) is 15.7. The average molecular weight is 295 g/mol. The Bertz CT molecular complexity index is 490. The first-order chi connectivity index (χ1) is 10.1. The predicted molar refractivity (Wildman–Crippen MR) is 79.8 cm³/mol. The Kier molecular flexibility index (Phi) is 5.52. The summed E-state index contributed by atoms with van der Waals surface area (Å²) in [6.45, 7) is 5.32. The quantitative estimate of drug-likeness (QED) is 0.782. The molecular formula is C15H22FN3O2. The van der Waals surface area contributed by atoms with Crippen LogP contribution in [0.25, 0.3) is 0 Å². The molecule has 0 spiro atoms. The van der Waals surface area contributed by atoms with Crippen molar-refractivity contribution in [2.75, 3.05) is 37.7 Å². The molecule has 5 nitrogen and oxygen atoms in total. The number of carbonyl (C=O) groups is 1. The topological polar surface area (TPSA) is 67.6 Å². The largest absolute Gasteiger partial charge is 0.465 e. The first-order valence-corrected chi connectivity index (χ1v) is 7.28. The SMILES string of the molecule is CCOC(=O)C(N)Cc1ccc(N2CCNCC2)c(F)c1. The van der Waals surface area contributed by atoms with Crippen molar-refractivity contribution in [2.45, 2.75) is 19.4 Å². The maximum atomic E-state index is 14.2. The van der Waals surface area contributed by atoms with Crippen molar-refractivity contribution < 1.29 is 13.9 Å². The van der Waals surface area contributed by atoms with E-state index < -0.39 is 12.0 Å². The lowest BCUT2D eigenvalue weighted by molar-refractivity contribution is -0.144. The lowest BCUT2D eigenvalue weighted by Crippen LogP contribution is -2.43. The van der Waals surface area contributed by atoms with E-state index in [9.17, 15) is 9.18 Å². The van der Waals surface area contributed by atoms with Gasteiger partial charge in [-0.15, -0.1) is 0 Å². The molecule has 0 saturated carbocycles. The molecule has 0 amide bonds. The van der Waals surface area contributed by atoms with Crippen LogP contribution in [0.3, 0.4) is 0 Å². The summed E-state index contributed by atoms with van der Waals surface area (Å²) in [4.78, 5) is 13.5. The summed E-state index contributed by atoms with van der Waals surface area (Å²) >= 11 is 0. The Morgan fingerprint density at radius 3 is 2.81 bits per heavy atom. The molecule has 1 atom stereocenters. The Hall–Kier alpha value is -1.66. The minimum atomic E-state index is -0.755. The van der Waals surface area contributed by atoms with E-state index in [0.29, 0.717) is 17.9 Å². The number of ether oxygens (including phenoxy) is 1. The lowest BCUT2D eigenvalue weighted by Gasteiger charge is -2.29. The van der Waals surface area contributed by atoms with E-state index >= 15 is 0 Å². The van der Waals surface area contributed by atoms with Crippen LogP contribution in [-0.4, -0.2) is 44.8 Å². The third kappa shape index (κ3) is 4.15. The molecular weight excluding hydrogens is 273 g/mol. The summed E-state index contributed by atoms with van der Waals surface area (Å²) in [5.74, 6) is -0.727. The summed E-state index contributed by atoms with van der Waals surface area (Å²) in [5.41, 5.74) is 7.05. The molecule has 1 aromatic carbocycles. The fraction of sp³-hybridized carbons (Fsp3) is 0.533. The van der Waals surface area contributed by atoms with Gasteiger partial charge < -0.3 is 20.7 Å². The van der Waals surface area contributed by atoms with Gasteiger partial charge in [0.15, 0.2) is 0 Å². The molecule has 1 fully saturated rings. The number of benzene rings is 1. The normalized spacial score (nSPS) is 16.6. The molecule has 2 rings (SSSR count). The van der Waals surface area contributed by atoms with Crippen LogP contribution in [0.5, 0.6) is 0 Å². The van der Waals surface area contributed by atoms with E-state index in [-0.39, 0.29) is 12.2 Å². The van der Waals surface area contributed by atoms with E-state index in [1.807, 2.05) is 11.0 Å². The molecule has 6 heteroatoms. The first-order valence-electron chi connectivity index (χ1n) is 7.28. The fourth-order valence-corrected chi connectivity index (χ4v) is 2.43. The highest BCUT2D eigenvalue weighted by Gasteiger charge is 2.18. The highest BCUT2D eigenvalue weighted by atomic mass is 19.1. The number of piperazine rings is 1. The molecule has 1 unspecified atom stereocenters. The minimum absolute atomic E-state index is 0.273. The summed E-state index contributed by atoms with van der Waals surface area (Å²) < 4.78 is 19.1. The molecule has 21 heavy (non-hydrogen) atoms. The van der Waals surface area contributed by atoms with Crippen LogP contribution in [0.2, 0.25) is 0 Å². The maximum absolute atomic E-state index is 14.2. The minimum Gasteiger partial charge on any atom is -0.465 e.